The van der Waals surface area contributed by atoms with Crippen molar-refractivity contribution in [1.29, 1.82) is 5.26 Å². The lowest BCUT2D eigenvalue weighted by Crippen LogP contribution is -2.00. The number of aliphatic carboxylic acids is 1. The quantitative estimate of drug-likeness (QED) is 0.927. The average Bonchev–Trinajstić information content (AvgIpc) is 2.43. The number of hydrogen-bond donors (Lipinski definition) is 1. The van der Waals surface area contributed by atoms with Gasteiger partial charge in [0.25, 0.3) is 0 Å². The molecule has 100 valence electrons. The van der Waals surface area contributed by atoms with E-state index in [9.17, 15) is 4.79 Å². The minimum absolute atomic E-state index is 0.0966. The Morgan fingerprint density at radius 2 is 1.85 bits per heavy atom. The summed E-state index contributed by atoms with van der Waals surface area (Å²) in [5, 5.41) is 18.0. The van der Waals surface area contributed by atoms with Gasteiger partial charge in [0.15, 0.2) is 0 Å². The van der Waals surface area contributed by atoms with E-state index >= 15 is 0 Å². The number of nitrogens with zero attached hydrogens (tertiary/aromatic N) is 1. The highest BCUT2D eigenvalue weighted by Gasteiger charge is 2.07. The second-order valence-electron chi connectivity index (χ2n) is 4.06. The minimum Gasteiger partial charge on any atom is -0.481 e. The zero-order chi connectivity index (χ0) is 14.5. The third kappa shape index (κ3) is 3.77. The number of carboxylic acids is 1. The predicted molar refractivity (Wildman–Crippen MR) is 78.1 cm³/mol. The molecule has 0 aromatic heterocycles. The van der Waals surface area contributed by atoms with Crippen molar-refractivity contribution in [3.8, 4) is 6.07 Å². The maximum absolute atomic E-state index is 10.8. The summed E-state index contributed by atoms with van der Waals surface area (Å²) in [7, 11) is 0. The highest BCUT2D eigenvalue weighted by molar-refractivity contribution is 7.99. The van der Waals surface area contributed by atoms with Crippen LogP contribution in [0.1, 0.15) is 11.1 Å². The van der Waals surface area contributed by atoms with Crippen molar-refractivity contribution in [2.24, 2.45) is 0 Å². The lowest BCUT2D eigenvalue weighted by molar-refractivity contribution is -0.136. The van der Waals surface area contributed by atoms with Gasteiger partial charge in [-0.05, 0) is 48.0 Å². The van der Waals surface area contributed by atoms with Crippen LogP contribution in [0.15, 0.2) is 52.3 Å². The van der Waals surface area contributed by atoms with Crippen molar-refractivity contribution in [3.05, 3.63) is 58.6 Å². The molecule has 0 spiro atoms. The Hall–Kier alpha value is -1.96. The number of rotatable bonds is 4. The number of nitriles is 1. The van der Waals surface area contributed by atoms with Gasteiger partial charge in [0.05, 0.1) is 18.1 Å². The molecule has 1 N–H and O–H groups in total. The fourth-order valence-corrected chi connectivity index (χ4v) is 2.71. The summed E-state index contributed by atoms with van der Waals surface area (Å²) < 4.78 is 0. The molecule has 0 aliphatic carbocycles. The number of carbonyl (C=O) groups is 1. The molecule has 0 radical (unpaired) electrons. The first-order chi connectivity index (χ1) is 9.58. The molecule has 3 nitrogen and oxygen atoms in total. The van der Waals surface area contributed by atoms with Gasteiger partial charge >= 0.3 is 5.97 Å². The van der Waals surface area contributed by atoms with Crippen LogP contribution in [0.4, 0.5) is 0 Å². The first kappa shape index (κ1) is 14.4. The third-order valence-electron chi connectivity index (χ3n) is 2.58. The van der Waals surface area contributed by atoms with Crippen LogP contribution in [0.2, 0.25) is 5.02 Å². The third-order valence-corrected chi connectivity index (χ3v) is 3.94. The fraction of sp³-hybridized carbons (Fsp3) is 0.0667. The number of carboxylic acid groups (broad SMARTS) is 1. The summed E-state index contributed by atoms with van der Waals surface area (Å²) in [4.78, 5) is 12.7. The van der Waals surface area contributed by atoms with Crippen molar-refractivity contribution in [1.82, 2.24) is 0 Å². The van der Waals surface area contributed by atoms with E-state index in [1.165, 1.54) is 11.8 Å². The Bertz CT molecular complexity index is 677. The molecule has 0 heterocycles. The Morgan fingerprint density at radius 3 is 2.45 bits per heavy atom. The number of benzene rings is 2. The lowest BCUT2D eigenvalue weighted by atomic mass is 10.1. The fourth-order valence-electron chi connectivity index (χ4n) is 1.65. The molecule has 0 fully saturated rings. The van der Waals surface area contributed by atoms with Gasteiger partial charge in [-0.3, -0.25) is 4.79 Å². The molecule has 5 heteroatoms. The van der Waals surface area contributed by atoms with Gasteiger partial charge in [-0.25, -0.2) is 0 Å². The summed E-state index contributed by atoms with van der Waals surface area (Å²) in [5.74, 6) is -0.910. The zero-order valence-electron chi connectivity index (χ0n) is 10.3. The highest BCUT2D eigenvalue weighted by atomic mass is 35.5. The normalized spacial score (nSPS) is 10.0. The minimum atomic E-state index is -0.910. The van der Waals surface area contributed by atoms with Gasteiger partial charge in [0, 0.05) is 14.8 Å². The molecule has 0 saturated carbocycles. The Kier molecular flexibility index (Phi) is 4.67. The lowest BCUT2D eigenvalue weighted by Gasteiger charge is -2.06. The molecule has 0 aliphatic rings. The summed E-state index contributed by atoms with van der Waals surface area (Å²) in [6, 6.07) is 14.6. The van der Waals surface area contributed by atoms with E-state index in [0.717, 1.165) is 9.79 Å². The summed E-state index contributed by atoms with van der Waals surface area (Å²) in [6.07, 6.45) is -0.0966. The van der Waals surface area contributed by atoms with E-state index < -0.39 is 5.97 Å². The average molecular weight is 304 g/mol. The second kappa shape index (κ2) is 6.47. The first-order valence-corrected chi connectivity index (χ1v) is 6.96. The van der Waals surface area contributed by atoms with Crippen LogP contribution in [0, 0.1) is 11.3 Å². The van der Waals surface area contributed by atoms with E-state index in [1.807, 2.05) is 18.2 Å². The standard InChI is InChI=1S/C15H10ClNO2S/c16-14-6-5-13(7-11(14)8-15(18)19)20-12-3-1-10(9-17)2-4-12/h1-7H,8H2,(H,18,19). The van der Waals surface area contributed by atoms with Gasteiger partial charge in [0.2, 0.25) is 0 Å². The molecule has 2 aromatic carbocycles. The number of hydrogen-bond acceptors (Lipinski definition) is 3. The summed E-state index contributed by atoms with van der Waals surface area (Å²) >= 11 is 7.47. The molecular formula is C15H10ClNO2S. The maximum Gasteiger partial charge on any atom is 0.307 e. The van der Waals surface area contributed by atoms with E-state index in [0.29, 0.717) is 16.1 Å². The van der Waals surface area contributed by atoms with Crippen LogP contribution in [-0.2, 0) is 11.2 Å². The zero-order valence-corrected chi connectivity index (χ0v) is 11.9. The van der Waals surface area contributed by atoms with Gasteiger partial charge in [-0.15, -0.1) is 0 Å². The number of halogens is 1. The van der Waals surface area contributed by atoms with Crippen molar-refractivity contribution >= 4 is 29.3 Å². The second-order valence-corrected chi connectivity index (χ2v) is 5.62. The molecule has 2 aromatic rings. The first-order valence-electron chi connectivity index (χ1n) is 5.77. The van der Waals surface area contributed by atoms with E-state index in [2.05, 4.69) is 6.07 Å². The monoisotopic (exact) mass is 303 g/mol. The molecule has 0 amide bonds. The Morgan fingerprint density at radius 1 is 1.20 bits per heavy atom. The van der Waals surface area contributed by atoms with Gasteiger partial charge < -0.3 is 5.11 Å². The van der Waals surface area contributed by atoms with Crippen LogP contribution in [-0.4, -0.2) is 11.1 Å². The van der Waals surface area contributed by atoms with Crippen molar-refractivity contribution in [2.45, 2.75) is 16.2 Å². The topological polar surface area (TPSA) is 61.1 Å². The summed E-state index contributed by atoms with van der Waals surface area (Å²) in [5.41, 5.74) is 1.20. The molecule has 0 bridgehead atoms. The SMILES string of the molecule is N#Cc1ccc(Sc2ccc(Cl)c(CC(=O)O)c2)cc1. The molecule has 20 heavy (non-hydrogen) atoms. The van der Waals surface area contributed by atoms with Crippen molar-refractivity contribution in [2.75, 3.05) is 0 Å². The van der Waals surface area contributed by atoms with Gasteiger partial charge in [-0.1, -0.05) is 23.4 Å². The molecule has 0 saturated heterocycles. The smallest absolute Gasteiger partial charge is 0.307 e. The van der Waals surface area contributed by atoms with E-state index in [-0.39, 0.29) is 6.42 Å². The van der Waals surface area contributed by atoms with Crippen LogP contribution >= 0.6 is 23.4 Å². The van der Waals surface area contributed by atoms with Crippen LogP contribution < -0.4 is 0 Å². The van der Waals surface area contributed by atoms with Crippen LogP contribution in [0.5, 0.6) is 0 Å². The van der Waals surface area contributed by atoms with Crippen molar-refractivity contribution < 1.29 is 9.90 Å². The van der Waals surface area contributed by atoms with Crippen molar-refractivity contribution in [3.63, 3.8) is 0 Å². The van der Waals surface area contributed by atoms with E-state index in [4.69, 9.17) is 22.0 Å². The molecule has 0 atom stereocenters. The van der Waals surface area contributed by atoms with Gasteiger partial charge in [0.1, 0.15) is 0 Å². The van der Waals surface area contributed by atoms with Gasteiger partial charge in [-0.2, -0.15) is 5.26 Å². The van der Waals surface area contributed by atoms with Crippen LogP contribution in [0.25, 0.3) is 0 Å². The largest absolute Gasteiger partial charge is 0.481 e. The maximum atomic E-state index is 10.8. The molecule has 0 unspecified atom stereocenters. The molecule has 0 aliphatic heterocycles. The van der Waals surface area contributed by atoms with E-state index in [1.54, 1.807) is 24.3 Å². The Labute approximate surface area is 125 Å². The van der Waals surface area contributed by atoms with Crippen LogP contribution in [0.3, 0.4) is 0 Å². The molecular weight excluding hydrogens is 294 g/mol. The Balaban J connectivity index is 2.20. The highest BCUT2D eigenvalue weighted by Crippen LogP contribution is 2.30. The summed E-state index contributed by atoms with van der Waals surface area (Å²) in [6.45, 7) is 0. The predicted octanol–water partition coefficient (Wildman–Crippen LogP) is 3.99. The molecule has 2 rings (SSSR count).